The highest BCUT2D eigenvalue weighted by molar-refractivity contribution is 5.58. The van der Waals surface area contributed by atoms with Crippen molar-refractivity contribution in [1.29, 1.82) is 0 Å². The molecule has 1 N–H and O–H groups in total. The van der Waals surface area contributed by atoms with Gasteiger partial charge in [0.1, 0.15) is 5.75 Å². The molecule has 4 nitrogen and oxygen atoms in total. The zero-order valence-corrected chi connectivity index (χ0v) is 13.9. The molecular formula is C17H29N3O. The fourth-order valence-electron chi connectivity index (χ4n) is 3.13. The number of ether oxygens (including phenoxy) is 1. The molecule has 1 aromatic carbocycles. The van der Waals surface area contributed by atoms with Gasteiger partial charge in [0.05, 0.1) is 12.8 Å². The van der Waals surface area contributed by atoms with Crippen molar-refractivity contribution in [2.75, 3.05) is 51.3 Å². The number of nitrogens with zero attached hydrogens (tertiary/aromatic N) is 2. The second-order valence-corrected chi connectivity index (χ2v) is 6.35. The molecule has 0 aliphatic carbocycles. The van der Waals surface area contributed by atoms with Gasteiger partial charge in [0.25, 0.3) is 0 Å². The highest BCUT2D eigenvalue weighted by atomic mass is 16.5. The third-order valence-electron chi connectivity index (χ3n) is 4.07. The third kappa shape index (κ3) is 4.35. The summed E-state index contributed by atoms with van der Waals surface area (Å²) in [5, 5.41) is 3.56. The maximum Gasteiger partial charge on any atom is 0.142 e. The number of benzene rings is 1. The van der Waals surface area contributed by atoms with Gasteiger partial charge in [-0.3, -0.25) is 4.90 Å². The fourth-order valence-corrected chi connectivity index (χ4v) is 3.13. The van der Waals surface area contributed by atoms with Crippen molar-refractivity contribution in [3.8, 4) is 5.75 Å². The molecule has 0 spiro atoms. The molecule has 0 atom stereocenters. The van der Waals surface area contributed by atoms with Crippen LogP contribution in [0.25, 0.3) is 0 Å². The normalized spacial score (nSPS) is 17.0. The van der Waals surface area contributed by atoms with Gasteiger partial charge in [0.2, 0.25) is 0 Å². The van der Waals surface area contributed by atoms with Gasteiger partial charge >= 0.3 is 0 Å². The molecule has 1 heterocycles. The topological polar surface area (TPSA) is 27.7 Å². The zero-order chi connectivity index (χ0) is 15.3. The number of para-hydroxylation sites is 2. The van der Waals surface area contributed by atoms with Crippen LogP contribution in [0.1, 0.15) is 20.8 Å². The van der Waals surface area contributed by atoms with Gasteiger partial charge in [0.15, 0.2) is 0 Å². The van der Waals surface area contributed by atoms with Crippen molar-refractivity contribution in [2.24, 2.45) is 0 Å². The van der Waals surface area contributed by atoms with Gasteiger partial charge in [-0.2, -0.15) is 0 Å². The molecule has 1 aliphatic heterocycles. The van der Waals surface area contributed by atoms with E-state index < -0.39 is 0 Å². The van der Waals surface area contributed by atoms with E-state index in [2.05, 4.69) is 48.0 Å². The molecule has 0 aromatic heterocycles. The van der Waals surface area contributed by atoms with Crippen molar-refractivity contribution in [3.63, 3.8) is 0 Å². The lowest BCUT2D eigenvalue weighted by Crippen LogP contribution is -2.54. The Hall–Kier alpha value is -1.26. The number of piperazine rings is 1. The molecule has 4 heteroatoms. The summed E-state index contributed by atoms with van der Waals surface area (Å²) in [7, 11) is 1.74. The number of methoxy groups -OCH3 is 1. The summed E-state index contributed by atoms with van der Waals surface area (Å²) in [6.07, 6.45) is 0. The van der Waals surface area contributed by atoms with Gasteiger partial charge in [-0.1, -0.05) is 19.1 Å². The van der Waals surface area contributed by atoms with E-state index in [1.54, 1.807) is 7.11 Å². The van der Waals surface area contributed by atoms with E-state index in [1.807, 2.05) is 12.1 Å². The van der Waals surface area contributed by atoms with E-state index in [1.165, 1.54) is 5.69 Å². The van der Waals surface area contributed by atoms with Crippen molar-refractivity contribution in [2.45, 2.75) is 26.3 Å². The van der Waals surface area contributed by atoms with Crippen molar-refractivity contribution in [1.82, 2.24) is 10.2 Å². The number of rotatable bonds is 6. The SMILES string of the molecule is CCNC(C)(C)CN1CCN(c2ccccc2OC)CC1. The molecular weight excluding hydrogens is 262 g/mol. The number of hydrogen-bond donors (Lipinski definition) is 1. The van der Waals surface area contributed by atoms with Gasteiger partial charge in [0, 0.05) is 38.3 Å². The Balaban J connectivity index is 1.91. The first-order valence-corrected chi connectivity index (χ1v) is 7.91. The number of hydrogen-bond acceptors (Lipinski definition) is 4. The summed E-state index contributed by atoms with van der Waals surface area (Å²) in [5.74, 6) is 0.971. The Bertz CT molecular complexity index is 439. The summed E-state index contributed by atoms with van der Waals surface area (Å²) >= 11 is 0. The van der Waals surface area contributed by atoms with E-state index in [9.17, 15) is 0 Å². The molecule has 1 aromatic rings. The van der Waals surface area contributed by atoms with Gasteiger partial charge in [-0.15, -0.1) is 0 Å². The summed E-state index contributed by atoms with van der Waals surface area (Å²) < 4.78 is 5.47. The fraction of sp³-hybridized carbons (Fsp3) is 0.647. The van der Waals surface area contributed by atoms with Gasteiger partial charge < -0.3 is 15.0 Å². The molecule has 0 saturated carbocycles. The third-order valence-corrected chi connectivity index (χ3v) is 4.07. The van der Waals surface area contributed by atoms with E-state index in [0.717, 1.165) is 45.0 Å². The predicted molar refractivity (Wildman–Crippen MR) is 89.4 cm³/mol. The number of likely N-dealkylation sites (N-methyl/N-ethyl adjacent to an activating group) is 1. The Morgan fingerprint density at radius 2 is 1.81 bits per heavy atom. The molecule has 1 fully saturated rings. The van der Waals surface area contributed by atoms with E-state index >= 15 is 0 Å². The average molecular weight is 291 g/mol. The second kappa shape index (κ2) is 7.14. The summed E-state index contributed by atoms with van der Waals surface area (Å²) in [5.41, 5.74) is 1.40. The van der Waals surface area contributed by atoms with Crippen LogP contribution in [0.2, 0.25) is 0 Å². The van der Waals surface area contributed by atoms with Gasteiger partial charge in [-0.05, 0) is 32.5 Å². The van der Waals surface area contributed by atoms with Crippen LogP contribution < -0.4 is 15.0 Å². The molecule has 21 heavy (non-hydrogen) atoms. The summed E-state index contributed by atoms with van der Waals surface area (Å²) in [6, 6.07) is 8.29. The highest BCUT2D eigenvalue weighted by Crippen LogP contribution is 2.28. The maximum atomic E-state index is 5.47. The quantitative estimate of drug-likeness (QED) is 0.869. The number of anilines is 1. The summed E-state index contributed by atoms with van der Waals surface area (Å²) in [4.78, 5) is 4.98. The first kappa shape index (κ1) is 16.1. The van der Waals surface area contributed by atoms with Crippen LogP contribution in [0.3, 0.4) is 0 Å². The van der Waals surface area contributed by atoms with Crippen LogP contribution in [-0.4, -0.2) is 56.8 Å². The lowest BCUT2D eigenvalue weighted by molar-refractivity contribution is 0.192. The Kier molecular flexibility index (Phi) is 5.48. The first-order chi connectivity index (χ1) is 10.1. The van der Waals surface area contributed by atoms with Gasteiger partial charge in [-0.25, -0.2) is 0 Å². The minimum atomic E-state index is 0.182. The van der Waals surface area contributed by atoms with Crippen molar-refractivity contribution >= 4 is 5.69 Å². The highest BCUT2D eigenvalue weighted by Gasteiger charge is 2.24. The minimum absolute atomic E-state index is 0.182. The average Bonchev–Trinajstić information content (AvgIpc) is 2.47. The lowest BCUT2D eigenvalue weighted by Gasteiger charge is -2.40. The van der Waals surface area contributed by atoms with Crippen LogP contribution in [0.15, 0.2) is 24.3 Å². The zero-order valence-electron chi connectivity index (χ0n) is 13.9. The van der Waals surface area contributed by atoms with E-state index in [0.29, 0.717) is 0 Å². The molecule has 2 rings (SSSR count). The van der Waals surface area contributed by atoms with Crippen LogP contribution in [-0.2, 0) is 0 Å². The molecule has 0 amide bonds. The second-order valence-electron chi connectivity index (χ2n) is 6.35. The predicted octanol–water partition coefficient (Wildman–Crippen LogP) is 2.21. The lowest BCUT2D eigenvalue weighted by atomic mass is 10.0. The first-order valence-electron chi connectivity index (χ1n) is 7.91. The maximum absolute atomic E-state index is 5.47. The molecule has 0 unspecified atom stereocenters. The van der Waals surface area contributed by atoms with Crippen LogP contribution in [0.5, 0.6) is 5.75 Å². The van der Waals surface area contributed by atoms with Crippen molar-refractivity contribution in [3.05, 3.63) is 24.3 Å². The van der Waals surface area contributed by atoms with E-state index in [-0.39, 0.29) is 5.54 Å². The molecule has 118 valence electrons. The Labute approximate surface area is 129 Å². The molecule has 0 bridgehead atoms. The Morgan fingerprint density at radius 1 is 1.14 bits per heavy atom. The molecule has 1 saturated heterocycles. The van der Waals surface area contributed by atoms with Crippen LogP contribution in [0.4, 0.5) is 5.69 Å². The largest absolute Gasteiger partial charge is 0.495 e. The van der Waals surface area contributed by atoms with E-state index in [4.69, 9.17) is 4.74 Å². The standard InChI is InChI=1S/C17H29N3O/c1-5-18-17(2,3)14-19-10-12-20(13-11-19)15-8-6-7-9-16(15)21-4/h6-9,18H,5,10-14H2,1-4H3. The van der Waals surface area contributed by atoms with Crippen molar-refractivity contribution < 1.29 is 4.74 Å². The molecule has 1 aliphatic rings. The monoisotopic (exact) mass is 291 g/mol. The van der Waals surface area contributed by atoms with Crippen LogP contribution >= 0.6 is 0 Å². The number of nitrogens with one attached hydrogen (secondary N) is 1. The van der Waals surface area contributed by atoms with Crippen LogP contribution in [0, 0.1) is 0 Å². The smallest absolute Gasteiger partial charge is 0.142 e. The summed E-state index contributed by atoms with van der Waals surface area (Å²) in [6.45, 7) is 13.2. The Morgan fingerprint density at radius 3 is 2.43 bits per heavy atom. The minimum Gasteiger partial charge on any atom is -0.495 e. The molecule has 0 radical (unpaired) electrons.